The molecule has 0 aliphatic heterocycles. The molecule has 7 heteroatoms. The molecule has 0 saturated heterocycles. The maximum absolute atomic E-state index is 11.0. The minimum Gasteiger partial charge on any atom is -0.359 e. The van der Waals surface area contributed by atoms with E-state index in [1.54, 1.807) is 17.5 Å². The number of aromatic nitrogens is 1. The van der Waals surface area contributed by atoms with Crippen molar-refractivity contribution in [3.8, 4) is 0 Å². The summed E-state index contributed by atoms with van der Waals surface area (Å²) in [7, 11) is 0. The van der Waals surface area contributed by atoms with Gasteiger partial charge in [-0.25, -0.2) is 4.98 Å². The lowest BCUT2D eigenvalue weighted by Gasteiger charge is -2.04. The number of nitrogens with zero attached hydrogens (tertiary/aromatic N) is 2. The Bertz CT molecular complexity index is 608. The summed E-state index contributed by atoms with van der Waals surface area (Å²) in [5.74, 6) is 0.289. The van der Waals surface area contributed by atoms with Crippen molar-refractivity contribution in [2.24, 2.45) is 0 Å². The molecule has 0 bridgehead atoms. The molecule has 2 aromatic heterocycles. The van der Waals surface area contributed by atoms with Crippen LogP contribution in [0, 0.1) is 24.0 Å². The summed E-state index contributed by atoms with van der Waals surface area (Å²) >= 11 is 4.86. The molecule has 0 aliphatic rings. The molecular formula is C12H12BrN3O2S. The van der Waals surface area contributed by atoms with Crippen molar-refractivity contribution >= 4 is 38.8 Å². The number of hydrogen-bond acceptors (Lipinski definition) is 5. The summed E-state index contributed by atoms with van der Waals surface area (Å²) in [4.78, 5) is 17.0. The van der Waals surface area contributed by atoms with Gasteiger partial charge in [-0.05, 0) is 41.4 Å². The first-order chi connectivity index (χ1) is 8.97. The molecule has 1 N–H and O–H groups in total. The molecule has 0 radical (unpaired) electrons. The number of hydrogen-bond donors (Lipinski definition) is 1. The van der Waals surface area contributed by atoms with Crippen molar-refractivity contribution in [2.45, 2.75) is 20.4 Å². The zero-order valence-corrected chi connectivity index (χ0v) is 12.8. The molecule has 0 unspecified atom stereocenters. The zero-order chi connectivity index (χ0) is 14.0. The molecule has 2 heterocycles. The van der Waals surface area contributed by atoms with Gasteiger partial charge >= 0.3 is 5.69 Å². The zero-order valence-electron chi connectivity index (χ0n) is 10.4. The van der Waals surface area contributed by atoms with E-state index < -0.39 is 4.92 Å². The van der Waals surface area contributed by atoms with Gasteiger partial charge in [-0.1, -0.05) is 0 Å². The number of nitrogens with one attached hydrogen (secondary N) is 1. The SMILES string of the molecule is Cc1cc(CNc2ncc(Br)cc2[N+](=O)[O-])sc1C. The van der Waals surface area contributed by atoms with E-state index in [1.165, 1.54) is 16.5 Å². The van der Waals surface area contributed by atoms with Crippen LogP contribution in [0.25, 0.3) is 0 Å². The van der Waals surface area contributed by atoms with Crippen LogP contribution in [0.1, 0.15) is 15.3 Å². The predicted molar refractivity (Wildman–Crippen MR) is 79.7 cm³/mol. The molecule has 0 fully saturated rings. The Labute approximate surface area is 123 Å². The Balaban J connectivity index is 2.17. The normalized spacial score (nSPS) is 10.5. The Morgan fingerprint density at radius 3 is 2.79 bits per heavy atom. The van der Waals surface area contributed by atoms with E-state index in [0.29, 0.717) is 11.0 Å². The molecule has 2 rings (SSSR count). The van der Waals surface area contributed by atoms with Gasteiger partial charge in [0.15, 0.2) is 0 Å². The first-order valence-electron chi connectivity index (χ1n) is 5.57. The van der Waals surface area contributed by atoms with Crippen molar-refractivity contribution in [3.05, 3.63) is 48.2 Å². The van der Waals surface area contributed by atoms with E-state index in [-0.39, 0.29) is 11.5 Å². The maximum atomic E-state index is 11.0. The van der Waals surface area contributed by atoms with E-state index in [0.717, 1.165) is 4.88 Å². The molecule has 0 atom stereocenters. The number of anilines is 1. The fourth-order valence-corrected chi connectivity index (χ4v) is 2.92. The van der Waals surface area contributed by atoms with Crippen LogP contribution in [0.2, 0.25) is 0 Å². The predicted octanol–water partition coefficient (Wildman–Crippen LogP) is 4.04. The minimum absolute atomic E-state index is 0.0284. The minimum atomic E-state index is -0.439. The highest BCUT2D eigenvalue weighted by molar-refractivity contribution is 9.10. The van der Waals surface area contributed by atoms with Crippen LogP contribution in [0.4, 0.5) is 11.5 Å². The van der Waals surface area contributed by atoms with Crippen molar-refractivity contribution in [2.75, 3.05) is 5.32 Å². The molecule has 0 spiro atoms. The number of nitro groups is 1. The van der Waals surface area contributed by atoms with Crippen LogP contribution in [-0.4, -0.2) is 9.91 Å². The van der Waals surface area contributed by atoms with E-state index in [2.05, 4.69) is 46.1 Å². The van der Waals surface area contributed by atoms with Crippen LogP contribution >= 0.6 is 27.3 Å². The lowest BCUT2D eigenvalue weighted by Crippen LogP contribution is -2.03. The van der Waals surface area contributed by atoms with E-state index >= 15 is 0 Å². The van der Waals surface area contributed by atoms with Gasteiger partial charge in [-0.2, -0.15) is 0 Å². The standard InChI is InChI=1S/C12H12BrN3O2S/c1-7-3-10(19-8(7)2)6-15-12-11(16(17)18)4-9(13)5-14-12/h3-5H,6H2,1-2H3,(H,14,15). The smallest absolute Gasteiger partial charge is 0.312 e. The van der Waals surface area contributed by atoms with Gasteiger partial charge in [-0.3, -0.25) is 10.1 Å². The first kappa shape index (κ1) is 14.0. The third kappa shape index (κ3) is 3.30. The quantitative estimate of drug-likeness (QED) is 0.672. The van der Waals surface area contributed by atoms with Crippen LogP contribution in [0.3, 0.4) is 0 Å². The number of aryl methyl sites for hydroxylation is 2. The van der Waals surface area contributed by atoms with Crippen LogP contribution in [-0.2, 0) is 6.54 Å². The summed E-state index contributed by atoms with van der Waals surface area (Å²) in [5.41, 5.74) is 1.21. The van der Waals surface area contributed by atoms with Gasteiger partial charge in [0.05, 0.1) is 11.5 Å². The molecule has 0 aliphatic carbocycles. The number of halogens is 1. The van der Waals surface area contributed by atoms with Crippen molar-refractivity contribution in [3.63, 3.8) is 0 Å². The Kier molecular flexibility index (Phi) is 4.16. The molecule has 0 amide bonds. The number of rotatable bonds is 4. The summed E-state index contributed by atoms with van der Waals surface area (Å²) in [6, 6.07) is 3.53. The van der Waals surface area contributed by atoms with Gasteiger partial charge in [0.2, 0.25) is 5.82 Å². The van der Waals surface area contributed by atoms with Gasteiger partial charge in [0.25, 0.3) is 0 Å². The monoisotopic (exact) mass is 341 g/mol. The second-order valence-corrected chi connectivity index (χ2v) is 6.34. The summed E-state index contributed by atoms with van der Waals surface area (Å²) in [6.45, 7) is 4.65. The topological polar surface area (TPSA) is 68.1 Å². The van der Waals surface area contributed by atoms with E-state index in [9.17, 15) is 10.1 Å². The molecule has 100 valence electrons. The highest BCUT2D eigenvalue weighted by atomic mass is 79.9. The van der Waals surface area contributed by atoms with Crippen molar-refractivity contribution in [1.82, 2.24) is 4.98 Å². The Morgan fingerprint density at radius 1 is 1.47 bits per heavy atom. The number of thiophene rings is 1. The average Bonchev–Trinajstić information content (AvgIpc) is 2.67. The molecule has 5 nitrogen and oxygen atoms in total. The fraction of sp³-hybridized carbons (Fsp3) is 0.250. The van der Waals surface area contributed by atoms with Crippen LogP contribution in [0.15, 0.2) is 22.8 Å². The second kappa shape index (κ2) is 5.66. The molecular weight excluding hydrogens is 330 g/mol. The molecule has 0 aromatic carbocycles. The second-order valence-electron chi connectivity index (χ2n) is 4.08. The maximum Gasteiger partial charge on any atom is 0.312 e. The van der Waals surface area contributed by atoms with Crippen LogP contribution in [0.5, 0.6) is 0 Å². The highest BCUT2D eigenvalue weighted by Gasteiger charge is 2.15. The average molecular weight is 342 g/mol. The Hall–Kier alpha value is -1.47. The van der Waals surface area contributed by atoms with Gasteiger partial charge in [0.1, 0.15) is 0 Å². The summed E-state index contributed by atoms with van der Waals surface area (Å²) in [5, 5.41) is 14.0. The van der Waals surface area contributed by atoms with E-state index in [1.807, 2.05) is 0 Å². The largest absolute Gasteiger partial charge is 0.359 e. The van der Waals surface area contributed by atoms with Crippen molar-refractivity contribution in [1.29, 1.82) is 0 Å². The van der Waals surface area contributed by atoms with Gasteiger partial charge in [-0.15, -0.1) is 11.3 Å². The highest BCUT2D eigenvalue weighted by Crippen LogP contribution is 2.27. The lowest BCUT2D eigenvalue weighted by molar-refractivity contribution is -0.384. The Morgan fingerprint density at radius 2 is 2.21 bits per heavy atom. The van der Waals surface area contributed by atoms with Gasteiger partial charge < -0.3 is 5.32 Å². The van der Waals surface area contributed by atoms with Crippen molar-refractivity contribution < 1.29 is 4.92 Å². The number of pyridine rings is 1. The molecule has 0 saturated carbocycles. The van der Waals surface area contributed by atoms with Gasteiger partial charge in [0, 0.05) is 26.5 Å². The van der Waals surface area contributed by atoms with Crippen LogP contribution < -0.4 is 5.32 Å². The molecule has 19 heavy (non-hydrogen) atoms. The molecule has 2 aromatic rings. The van der Waals surface area contributed by atoms with E-state index in [4.69, 9.17) is 0 Å². The summed E-state index contributed by atoms with van der Waals surface area (Å²) in [6.07, 6.45) is 1.54. The lowest BCUT2D eigenvalue weighted by atomic mass is 10.3. The third-order valence-corrected chi connectivity index (χ3v) is 4.26. The summed E-state index contributed by atoms with van der Waals surface area (Å²) < 4.78 is 0.590. The third-order valence-electron chi connectivity index (χ3n) is 2.68. The first-order valence-corrected chi connectivity index (χ1v) is 7.18. The fourth-order valence-electron chi connectivity index (χ4n) is 1.61.